The van der Waals surface area contributed by atoms with Crippen molar-refractivity contribution in [3.63, 3.8) is 0 Å². The molecule has 2 heteroatoms. The second-order valence-electron chi connectivity index (χ2n) is 5.41. The zero-order valence-electron chi connectivity index (χ0n) is 13.0. The molecule has 0 saturated carbocycles. The summed E-state index contributed by atoms with van der Waals surface area (Å²) in [4.78, 5) is 0. The highest BCUT2D eigenvalue weighted by atomic mass is 79.9. The predicted octanol–water partition coefficient (Wildman–Crippen LogP) is 7.55. The molecule has 0 unspecified atom stereocenters. The highest BCUT2D eigenvalue weighted by molar-refractivity contribution is 9.10. The fraction of sp³-hybridized carbons (Fsp3) is 0. The lowest BCUT2D eigenvalue weighted by molar-refractivity contribution is 1.57. The first kappa shape index (κ1) is 16.9. The van der Waals surface area contributed by atoms with Gasteiger partial charge in [-0.2, -0.15) is 0 Å². The van der Waals surface area contributed by atoms with Crippen LogP contribution in [0.5, 0.6) is 0 Å². The molecule has 0 N–H and O–H groups in total. The molecule has 0 amide bonds. The fourth-order valence-corrected chi connectivity index (χ4v) is 2.95. The van der Waals surface area contributed by atoms with Gasteiger partial charge in [-0.05, 0) is 46.5 Å². The van der Waals surface area contributed by atoms with Crippen LogP contribution in [0.4, 0.5) is 0 Å². The van der Waals surface area contributed by atoms with Crippen LogP contribution in [0.15, 0.2) is 81.7 Å². The fourth-order valence-electron chi connectivity index (χ4n) is 2.31. The van der Waals surface area contributed by atoms with Gasteiger partial charge < -0.3 is 0 Å². The number of rotatable bonds is 4. The molecule has 118 valence electrons. The minimum absolute atomic E-state index is 1.09. The van der Waals surface area contributed by atoms with Gasteiger partial charge in [0, 0.05) is 8.95 Å². The van der Waals surface area contributed by atoms with Crippen molar-refractivity contribution in [1.82, 2.24) is 0 Å². The Bertz CT molecular complexity index is 860. The summed E-state index contributed by atoms with van der Waals surface area (Å²) in [6.45, 7) is 0. The third-order valence-corrected chi connectivity index (χ3v) is 4.86. The Hall–Kier alpha value is -1.90. The smallest absolute Gasteiger partial charge is 0.0248 e. The lowest BCUT2D eigenvalue weighted by Gasteiger charge is -2.02. The summed E-state index contributed by atoms with van der Waals surface area (Å²) >= 11 is 7.09. The Labute approximate surface area is 159 Å². The van der Waals surface area contributed by atoms with Crippen molar-refractivity contribution in [3.05, 3.63) is 104 Å². The second-order valence-corrected chi connectivity index (χ2v) is 7.18. The molecule has 0 radical (unpaired) electrons. The number of benzene rings is 3. The molecular weight excluding hydrogens is 424 g/mol. The summed E-state index contributed by atoms with van der Waals surface area (Å²) in [5, 5.41) is 0. The van der Waals surface area contributed by atoms with Crippen LogP contribution < -0.4 is 0 Å². The molecule has 0 bridgehead atoms. The second kappa shape index (κ2) is 8.27. The van der Waals surface area contributed by atoms with Crippen molar-refractivity contribution in [2.24, 2.45) is 0 Å². The topological polar surface area (TPSA) is 0 Å². The van der Waals surface area contributed by atoms with Crippen LogP contribution in [0.2, 0.25) is 0 Å². The van der Waals surface area contributed by atoms with E-state index < -0.39 is 0 Å². The van der Waals surface area contributed by atoms with E-state index in [0.717, 1.165) is 14.5 Å². The Morgan fingerprint density at radius 2 is 1.12 bits per heavy atom. The van der Waals surface area contributed by atoms with Gasteiger partial charge >= 0.3 is 0 Å². The van der Waals surface area contributed by atoms with Gasteiger partial charge in [-0.3, -0.25) is 0 Å². The quantitative estimate of drug-likeness (QED) is 0.368. The average Bonchev–Trinajstić information content (AvgIpc) is 2.62. The first-order chi connectivity index (χ1) is 11.7. The molecule has 0 fully saturated rings. The summed E-state index contributed by atoms with van der Waals surface area (Å²) in [5.74, 6) is 0. The van der Waals surface area contributed by atoms with E-state index in [2.05, 4.69) is 98.6 Å². The van der Waals surface area contributed by atoms with E-state index in [0.29, 0.717) is 0 Å². The summed E-state index contributed by atoms with van der Waals surface area (Å²) in [6.07, 6.45) is 8.52. The van der Waals surface area contributed by atoms with Gasteiger partial charge in [-0.25, -0.2) is 0 Å². The monoisotopic (exact) mass is 438 g/mol. The molecule has 0 aliphatic heterocycles. The summed E-state index contributed by atoms with van der Waals surface area (Å²) in [6, 6.07) is 25.0. The minimum Gasteiger partial charge on any atom is -0.0622 e. The van der Waals surface area contributed by atoms with Crippen molar-refractivity contribution in [2.75, 3.05) is 0 Å². The standard InChI is InChI=1S/C22H16Br2/c23-21-13-9-18(10-14-21)8-12-20-16-19(11-15-22(20)24)7-6-17-4-2-1-3-5-17/h1-16H. The molecule has 0 heterocycles. The normalized spacial score (nSPS) is 11.4. The zero-order valence-corrected chi connectivity index (χ0v) is 16.2. The third kappa shape index (κ3) is 4.80. The molecule has 0 aliphatic rings. The van der Waals surface area contributed by atoms with Crippen molar-refractivity contribution in [2.45, 2.75) is 0 Å². The van der Waals surface area contributed by atoms with Gasteiger partial charge in [0.05, 0.1) is 0 Å². The highest BCUT2D eigenvalue weighted by Crippen LogP contribution is 2.22. The first-order valence-corrected chi connectivity index (χ1v) is 9.26. The summed E-state index contributed by atoms with van der Waals surface area (Å²) < 4.78 is 2.18. The van der Waals surface area contributed by atoms with E-state index in [9.17, 15) is 0 Å². The largest absolute Gasteiger partial charge is 0.0622 e. The predicted molar refractivity (Wildman–Crippen MR) is 113 cm³/mol. The van der Waals surface area contributed by atoms with Gasteiger partial charge in [0.1, 0.15) is 0 Å². The summed E-state index contributed by atoms with van der Waals surface area (Å²) in [5.41, 5.74) is 4.72. The van der Waals surface area contributed by atoms with E-state index in [4.69, 9.17) is 0 Å². The lowest BCUT2D eigenvalue weighted by atomic mass is 10.1. The molecule has 3 aromatic carbocycles. The van der Waals surface area contributed by atoms with E-state index in [1.54, 1.807) is 0 Å². The van der Waals surface area contributed by atoms with Gasteiger partial charge in [0.25, 0.3) is 0 Å². The van der Waals surface area contributed by atoms with Crippen LogP contribution in [0, 0.1) is 0 Å². The maximum absolute atomic E-state index is 3.63. The van der Waals surface area contributed by atoms with Crippen molar-refractivity contribution in [3.8, 4) is 0 Å². The molecule has 0 aliphatic carbocycles. The maximum atomic E-state index is 3.63. The van der Waals surface area contributed by atoms with Crippen molar-refractivity contribution < 1.29 is 0 Å². The number of hydrogen-bond acceptors (Lipinski definition) is 0. The third-order valence-electron chi connectivity index (χ3n) is 3.61. The van der Waals surface area contributed by atoms with Crippen molar-refractivity contribution >= 4 is 56.2 Å². The van der Waals surface area contributed by atoms with Gasteiger partial charge in [-0.1, -0.05) is 105 Å². The average molecular weight is 440 g/mol. The maximum Gasteiger partial charge on any atom is 0.0248 e. The number of hydrogen-bond donors (Lipinski definition) is 0. The molecular formula is C22H16Br2. The van der Waals surface area contributed by atoms with Crippen LogP contribution in [-0.2, 0) is 0 Å². The minimum atomic E-state index is 1.09. The SMILES string of the molecule is Brc1ccc(C=Cc2cc(C=Cc3ccccc3)ccc2Br)cc1. The molecule has 24 heavy (non-hydrogen) atoms. The Morgan fingerprint density at radius 3 is 1.88 bits per heavy atom. The van der Waals surface area contributed by atoms with Crippen LogP contribution in [0.25, 0.3) is 24.3 Å². The first-order valence-electron chi connectivity index (χ1n) is 7.67. The van der Waals surface area contributed by atoms with E-state index >= 15 is 0 Å². The molecule has 3 rings (SSSR count). The van der Waals surface area contributed by atoms with Crippen LogP contribution >= 0.6 is 31.9 Å². The lowest BCUT2D eigenvalue weighted by Crippen LogP contribution is -1.80. The van der Waals surface area contributed by atoms with Crippen LogP contribution in [0.1, 0.15) is 22.3 Å². The van der Waals surface area contributed by atoms with Gasteiger partial charge in [0.2, 0.25) is 0 Å². The van der Waals surface area contributed by atoms with Gasteiger partial charge in [0.15, 0.2) is 0 Å². The summed E-state index contributed by atoms with van der Waals surface area (Å²) in [7, 11) is 0. The van der Waals surface area contributed by atoms with Gasteiger partial charge in [-0.15, -0.1) is 0 Å². The van der Waals surface area contributed by atoms with Crippen LogP contribution in [0.3, 0.4) is 0 Å². The molecule has 3 aromatic rings. The van der Waals surface area contributed by atoms with E-state index in [-0.39, 0.29) is 0 Å². The molecule has 0 nitrogen and oxygen atoms in total. The Kier molecular flexibility index (Phi) is 5.84. The molecule has 0 saturated heterocycles. The van der Waals surface area contributed by atoms with Crippen molar-refractivity contribution in [1.29, 1.82) is 0 Å². The molecule has 0 aromatic heterocycles. The zero-order chi connectivity index (χ0) is 16.8. The van der Waals surface area contributed by atoms with E-state index in [1.807, 2.05) is 30.3 Å². The number of halogens is 2. The molecule has 0 spiro atoms. The van der Waals surface area contributed by atoms with Crippen LogP contribution in [-0.4, -0.2) is 0 Å². The molecule has 0 atom stereocenters. The Morgan fingerprint density at radius 1 is 0.542 bits per heavy atom. The Balaban J connectivity index is 1.81. The van der Waals surface area contributed by atoms with E-state index in [1.165, 1.54) is 16.7 Å². The highest BCUT2D eigenvalue weighted by Gasteiger charge is 1.98.